The lowest BCUT2D eigenvalue weighted by atomic mass is 9.73. The molecule has 2 aliphatic rings. The summed E-state index contributed by atoms with van der Waals surface area (Å²) in [5.74, 6) is 0.587. The molecule has 2 unspecified atom stereocenters. The molecule has 3 aromatic rings. The summed E-state index contributed by atoms with van der Waals surface area (Å²) in [6, 6.07) is 6.50. The standard InChI is InChI=1S/C21H24Cl2N6O3S/c1-12-19(24)21(10-32-12)5-7-28(8-6-21)16-9-15(33(25,30)31)17(20-26-11-27-29(16)20)13-3-2-4-14(22)18(13)23/h2-4,9,11-12,19H,5-8,10,24H2,1H3,(H2,25,30,31). The fraction of sp³-hybridized carbons (Fsp3) is 0.429. The van der Waals surface area contributed by atoms with Crippen molar-refractivity contribution in [1.82, 2.24) is 14.6 Å². The molecule has 4 N–H and O–H groups in total. The highest BCUT2D eigenvalue weighted by Crippen LogP contribution is 2.44. The molecule has 5 rings (SSSR count). The van der Waals surface area contributed by atoms with Crippen LogP contribution in [0.3, 0.4) is 0 Å². The number of fused-ring (bicyclic) bond motifs is 1. The molecule has 1 aromatic carbocycles. The highest BCUT2D eigenvalue weighted by atomic mass is 35.5. The lowest BCUT2D eigenvalue weighted by Gasteiger charge is -2.42. The Hall–Kier alpha value is -1.95. The van der Waals surface area contributed by atoms with Crippen LogP contribution in [0, 0.1) is 5.41 Å². The van der Waals surface area contributed by atoms with Crippen molar-refractivity contribution in [3.8, 4) is 11.1 Å². The average Bonchev–Trinajstić information content (AvgIpc) is 3.37. The van der Waals surface area contributed by atoms with E-state index in [2.05, 4.69) is 15.0 Å². The van der Waals surface area contributed by atoms with Crippen LogP contribution in [0.1, 0.15) is 19.8 Å². The van der Waals surface area contributed by atoms with Gasteiger partial charge in [0.15, 0.2) is 5.65 Å². The van der Waals surface area contributed by atoms with Gasteiger partial charge in [-0.15, -0.1) is 0 Å². The minimum absolute atomic E-state index is 0.0225. The van der Waals surface area contributed by atoms with Gasteiger partial charge in [0, 0.05) is 41.7 Å². The monoisotopic (exact) mass is 510 g/mol. The molecule has 2 fully saturated rings. The molecule has 33 heavy (non-hydrogen) atoms. The van der Waals surface area contributed by atoms with Crippen molar-refractivity contribution in [2.45, 2.75) is 36.8 Å². The molecule has 0 saturated carbocycles. The van der Waals surface area contributed by atoms with Crippen LogP contribution in [0.4, 0.5) is 5.82 Å². The molecular formula is C21H24Cl2N6O3S. The number of rotatable bonds is 3. The zero-order valence-electron chi connectivity index (χ0n) is 17.9. The molecule has 2 aliphatic heterocycles. The normalized spacial score (nSPS) is 23.0. The quantitative estimate of drug-likeness (QED) is 0.553. The first-order valence-corrected chi connectivity index (χ1v) is 12.9. The zero-order chi connectivity index (χ0) is 23.5. The number of hydrogen-bond acceptors (Lipinski definition) is 7. The summed E-state index contributed by atoms with van der Waals surface area (Å²) in [6.07, 6.45) is 3.04. The number of sulfonamides is 1. The van der Waals surface area contributed by atoms with E-state index >= 15 is 0 Å². The molecule has 0 bridgehead atoms. The van der Waals surface area contributed by atoms with Crippen molar-refractivity contribution < 1.29 is 13.2 Å². The average molecular weight is 511 g/mol. The summed E-state index contributed by atoms with van der Waals surface area (Å²) in [6.45, 7) is 3.97. The maximum Gasteiger partial charge on any atom is 0.238 e. The largest absolute Gasteiger partial charge is 0.376 e. The number of hydrogen-bond donors (Lipinski definition) is 2. The fourth-order valence-electron chi connectivity index (χ4n) is 4.99. The molecule has 0 radical (unpaired) electrons. The first-order valence-electron chi connectivity index (χ1n) is 10.6. The number of nitrogens with zero attached hydrogens (tertiary/aromatic N) is 4. The van der Waals surface area contributed by atoms with Crippen LogP contribution in [0.15, 0.2) is 35.5 Å². The summed E-state index contributed by atoms with van der Waals surface area (Å²) in [4.78, 5) is 6.35. The van der Waals surface area contributed by atoms with E-state index in [0.29, 0.717) is 41.7 Å². The van der Waals surface area contributed by atoms with E-state index < -0.39 is 10.0 Å². The molecular weight excluding hydrogens is 487 g/mol. The van der Waals surface area contributed by atoms with E-state index in [-0.39, 0.29) is 33.0 Å². The lowest BCUT2D eigenvalue weighted by Crippen LogP contribution is -2.51. The van der Waals surface area contributed by atoms with Crippen molar-refractivity contribution in [3.05, 3.63) is 40.6 Å². The maximum atomic E-state index is 12.7. The van der Waals surface area contributed by atoms with Gasteiger partial charge in [0.25, 0.3) is 0 Å². The Morgan fingerprint density at radius 2 is 1.97 bits per heavy atom. The van der Waals surface area contributed by atoms with Gasteiger partial charge in [-0.25, -0.2) is 18.5 Å². The van der Waals surface area contributed by atoms with Gasteiger partial charge in [-0.2, -0.15) is 9.61 Å². The van der Waals surface area contributed by atoms with Gasteiger partial charge in [0.2, 0.25) is 10.0 Å². The van der Waals surface area contributed by atoms with Gasteiger partial charge in [0.1, 0.15) is 12.1 Å². The number of ether oxygens (including phenoxy) is 1. The van der Waals surface area contributed by atoms with Gasteiger partial charge in [-0.3, -0.25) is 0 Å². The lowest BCUT2D eigenvalue weighted by molar-refractivity contribution is 0.0974. The topological polar surface area (TPSA) is 129 Å². The van der Waals surface area contributed by atoms with Crippen LogP contribution >= 0.6 is 23.2 Å². The molecule has 0 aliphatic carbocycles. The predicted molar refractivity (Wildman–Crippen MR) is 127 cm³/mol. The maximum absolute atomic E-state index is 12.7. The Balaban J connectivity index is 1.63. The molecule has 2 saturated heterocycles. The number of anilines is 1. The third-order valence-electron chi connectivity index (χ3n) is 6.95. The Morgan fingerprint density at radius 3 is 2.61 bits per heavy atom. The van der Waals surface area contributed by atoms with E-state index in [1.54, 1.807) is 22.7 Å². The number of piperidine rings is 1. The molecule has 2 atom stereocenters. The third-order valence-corrected chi connectivity index (χ3v) is 8.71. The first-order chi connectivity index (χ1) is 15.6. The van der Waals surface area contributed by atoms with Crippen LogP contribution < -0.4 is 15.8 Å². The fourth-order valence-corrected chi connectivity index (χ4v) is 6.14. The van der Waals surface area contributed by atoms with Crippen molar-refractivity contribution in [1.29, 1.82) is 0 Å². The van der Waals surface area contributed by atoms with Gasteiger partial charge < -0.3 is 15.4 Å². The molecule has 12 heteroatoms. The van der Waals surface area contributed by atoms with Crippen molar-refractivity contribution >= 4 is 44.7 Å². The highest BCUT2D eigenvalue weighted by Gasteiger charge is 2.47. The molecule has 9 nitrogen and oxygen atoms in total. The highest BCUT2D eigenvalue weighted by molar-refractivity contribution is 7.89. The van der Waals surface area contributed by atoms with E-state index in [1.807, 2.05) is 6.92 Å². The summed E-state index contributed by atoms with van der Waals surface area (Å²) in [7, 11) is -4.13. The predicted octanol–water partition coefficient (Wildman–Crippen LogP) is 2.68. The Morgan fingerprint density at radius 1 is 1.24 bits per heavy atom. The Kier molecular flexibility index (Phi) is 5.58. The number of pyridine rings is 1. The van der Waals surface area contributed by atoms with Crippen LogP contribution in [-0.4, -0.2) is 54.9 Å². The summed E-state index contributed by atoms with van der Waals surface area (Å²) >= 11 is 12.6. The number of benzene rings is 1. The van der Waals surface area contributed by atoms with Gasteiger partial charge in [-0.1, -0.05) is 35.3 Å². The minimum atomic E-state index is -4.13. The van der Waals surface area contributed by atoms with E-state index in [4.69, 9.17) is 38.8 Å². The van der Waals surface area contributed by atoms with Crippen LogP contribution in [0.5, 0.6) is 0 Å². The second kappa shape index (κ2) is 8.07. The van der Waals surface area contributed by atoms with E-state index in [0.717, 1.165) is 12.8 Å². The summed E-state index contributed by atoms with van der Waals surface area (Å²) < 4.78 is 32.8. The number of aromatic nitrogens is 3. The SMILES string of the molecule is CC1OCC2(CCN(c3cc(S(N)(=O)=O)c(-c4cccc(Cl)c4Cl)c4ncnn34)CC2)C1N. The third kappa shape index (κ3) is 3.69. The molecule has 1 spiro atoms. The number of primary sulfonamides is 1. The van der Waals surface area contributed by atoms with Crippen molar-refractivity contribution in [2.24, 2.45) is 16.3 Å². The second-order valence-electron chi connectivity index (χ2n) is 8.77. The Bertz CT molecular complexity index is 1340. The van der Waals surface area contributed by atoms with E-state index in [1.165, 1.54) is 12.4 Å². The summed E-state index contributed by atoms with van der Waals surface area (Å²) in [5.41, 5.74) is 7.38. The number of halogens is 2. The first kappa shape index (κ1) is 22.8. The van der Waals surface area contributed by atoms with E-state index in [9.17, 15) is 8.42 Å². The zero-order valence-corrected chi connectivity index (χ0v) is 20.2. The van der Waals surface area contributed by atoms with Crippen LogP contribution in [0.2, 0.25) is 10.0 Å². The van der Waals surface area contributed by atoms with Crippen LogP contribution in [-0.2, 0) is 14.8 Å². The van der Waals surface area contributed by atoms with Crippen molar-refractivity contribution in [2.75, 3.05) is 24.6 Å². The molecule has 2 aromatic heterocycles. The van der Waals surface area contributed by atoms with Crippen molar-refractivity contribution in [3.63, 3.8) is 0 Å². The Labute approximate surface area is 201 Å². The van der Waals surface area contributed by atoms with Gasteiger partial charge in [0.05, 0.1) is 27.7 Å². The summed E-state index contributed by atoms with van der Waals surface area (Å²) in [5, 5.41) is 10.5. The molecule has 4 heterocycles. The second-order valence-corrected chi connectivity index (χ2v) is 11.1. The number of nitrogens with two attached hydrogens (primary N) is 2. The van der Waals surface area contributed by atoms with Gasteiger partial charge >= 0.3 is 0 Å². The molecule has 0 amide bonds. The van der Waals surface area contributed by atoms with Crippen LogP contribution in [0.25, 0.3) is 16.8 Å². The minimum Gasteiger partial charge on any atom is -0.376 e. The smallest absolute Gasteiger partial charge is 0.238 e. The van der Waals surface area contributed by atoms with Gasteiger partial charge in [-0.05, 0) is 25.8 Å². The molecule has 176 valence electrons.